The molecule has 2 N–H and O–H groups in total. The van der Waals surface area contributed by atoms with Crippen LogP contribution in [0.15, 0.2) is 11.0 Å². The highest BCUT2D eigenvalue weighted by atomic mass is 32.2. The zero-order valence-corrected chi connectivity index (χ0v) is 12.9. The Kier molecular flexibility index (Phi) is 4.03. The first kappa shape index (κ1) is 14.9. The molecule has 0 aromatic carbocycles. The molecule has 1 saturated heterocycles. The van der Waals surface area contributed by atoms with Gasteiger partial charge in [0.15, 0.2) is 9.84 Å². The van der Waals surface area contributed by atoms with Crippen LogP contribution in [0.1, 0.15) is 9.75 Å². The van der Waals surface area contributed by atoms with E-state index in [9.17, 15) is 16.8 Å². The molecule has 1 aromatic heterocycles. The van der Waals surface area contributed by atoms with Gasteiger partial charge >= 0.3 is 0 Å². The van der Waals surface area contributed by atoms with E-state index in [-0.39, 0.29) is 29.5 Å². The first-order valence-electron chi connectivity index (χ1n) is 5.76. The average Bonchev–Trinajstić information content (AvgIpc) is 2.70. The topological polar surface area (TPSA) is 97.5 Å². The quantitative estimate of drug-likeness (QED) is 0.839. The van der Waals surface area contributed by atoms with Gasteiger partial charge in [-0.05, 0) is 13.0 Å². The maximum absolute atomic E-state index is 12.4. The van der Waals surface area contributed by atoms with Crippen molar-refractivity contribution in [2.24, 2.45) is 5.73 Å². The molecule has 0 radical (unpaired) electrons. The minimum absolute atomic E-state index is 0.0257. The molecule has 2 heterocycles. The molecule has 0 aliphatic carbocycles. The van der Waals surface area contributed by atoms with Crippen LogP contribution in [0, 0.1) is 6.92 Å². The Morgan fingerprint density at radius 3 is 2.42 bits per heavy atom. The first-order valence-corrected chi connectivity index (χ1v) is 9.84. The molecule has 0 amide bonds. The lowest BCUT2D eigenvalue weighted by Gasteiger charge is -2.25. The Bertz CT molecular complexity index is 662. The van der Waals surface area contributed by atoms with Gasteiger partial charge in [-0.2, -0.15) is 4.31 Å². The monoisotopic (exact) mass is 324 g/mol. The number of hydrogen-bond acceptors (Lipinski definition) is 6. The third-order valence-electron chi connectivity index (χ3n) is 3.05. The lowest BCUT2D eigenvalue weighted by molar-refractivity contribution is 0.430. The van der Waals surface area contributed by atoms with Gasteiger partial charge in [-0.1, -0.05) is 0 Å². The Hall–Kier alpha value is -0.480. The molecule has 19 heavy (non-hydrogen) atoms. The van der Waals surface area contributed by atoms with Gasteiger partial charge in [0, 0.05) is 29.4 Å². The number of thiophene rings is 1. The predicted octanol–water partition coefficient (Wildman–Crippen LogP) is -0.0657. The van der Waals surface area contributed by atoms with Crippen molar-refractivity contribution >= 4 is 31.2 Å². The fourth-order valence-electron chi connectivity index (χ4n) is 1.96. The van der Waals surface area contributed by atoms with Crippen LogP contribution in [0.3, 0.4) is 0 Å². The number of aryl methyl sites for hydroxylation is 1. The SMILES string of the molecule is Cc1sc(CN)cc1S(=O)(=O)N1CCS(=O)(=O)CC1. The van der Waals surface area contributed by atoms with E-state index < -0.39 is 19.9 Å². The summed E-state index contributed by atoms with van der Waals surface area (Å²) in [6, 6.07) is 1.58. The van der Waals surface area contributed by atoms with Gasteiger partial charge in [0.25, 0.3) is 0 Å². The summed E-state index contributed by atoms with van der Waals surface area (Å²) in [6.45, 7) is 2.09. The molecule has 0 saturated carbocycles. The zero-order chi connectivity index (χ0) is 14.3. The lowest BCUT2D eigenvalue weighted by atomic mass is 10.4. The van der Waals surface area contributed by atoms with Crippen molar-refractivity contribution in [2.45, 2.75) is 18.4 Å². The summed E-state index contributed by atoms with van der Waals surface area (Å²) in [5.74, 6) is -0.224. The van der Waals surface area contributed by atoms with Crippen molar-refractivity contribution in [2.75, 3.05) is 24.6 Å². The normalized spacial score (nSPS) is 20.5. The van der Waals surface area contributed by atoms with E-state index in [1.54, 1.807) is 13.0 Å². The molecule has 0 atom stereocenters. The number of sulfonamides is 1. The van der Waals surface area contributed by atoms with Crippen LogP contribution in [-0.4, -0.2) is 45.7 Å². The van der Waals surface area contributed by atoms with Crippen molar-refractivity contribution < 1.29 is 16.8 Å². The van der Waals surface area contributed by atoms with Crippen LogP contribution in [0.4, 0.5) is 0 Å². The standard InChI is InChI=1S/C10H16N2O4S3/c1-8-10(6-9(7-11)17-8)19(15,16)12-2-4-18(13,14)5-3-12/h6H,2-5,7,11H2,1H3. The lowest BCUT2D eigenvalue weighted by Crippen LogP contribution is -2.43. The van der Waals surface area contributed by atoms with Crippen LogP contribution in [0.25, 0.3) is 0 Å². The van der Waals surface area contributed by atoms with Crippen LogP contribution in [0.5, 0.6) is 0 Å². The largest absolute Gasteiger partial charge is 0.326 e. The summed E-state index contributed by atoms with van der Waals surface area (Å²) in [7, 11) is -6.70. The fraction of sp³-hybridized carbons (Fsp3) is 0.600. The van der Waals surface area contributed by atoms with Crippen LogP contribution in [0.2, 0.25) is 0 Å². The predicted molar refractivity (Wildman–Crippen MR) is 74.4 cm³/mol. The summed E-state index contributed by atoms with van der Waals surface area (Å²) < 4.78 is 48.8. The van der Waals surface area contributed by atoms with Crippen LogP contribution < -0.4 is 5.73 Å². The van der Waals surface area contributed by atoms with Crippen LogP contribution in [-0.2, 0) is 26.4 Å². The van der Waals surface area contributed by atoms with E-state index in [1.165, 1.54) is 15.6 Å². The van der Waals surface area contributed by atoms with Crippen molar-refractivity contribution in [3.8, 4) is 0 Å². The zero-order valence-electron chi connectivity index (χ0n) is 10.5. The number of nitrogens with zero attached hydrogens (tertiary/aromatic N) is 1. The molecule has 2 rings (SSSR count). The molecular formula is C10H16N2O4S3. The number of hydrogen-bond donors (Lipinski definition) is 1. The number of nitrogens with two attached hydrogens (primary N) is 1. The molecule has 0 bridgehead atoms. The Balaban J connectivity index is 2.30. The van der Waals surface area contributed by atoms with Gasteiger partial charge in [0.1, 0.15) is 0 Å². The first-order chi connectivity index (χ1) is 8.76. The van der Waals surface area contributed by atoms with Gasteiger partial charge < -0.3 is 5.73 Å². The Morgan fingerprint density at radius 2 is 1.95 bits per heavy atom. The molecule has 1 aliphatic heterocycles. The van der Waals surface area contributed by atoms with E-state index in [0.717, 1.165) is 4.88 Å². The van der Waals surface area contributed by atoms with E-state index in [2.05, 4.69) is 0 Å². The highest BCUT2D eigenvalue weighted by Crippen LogP contribution is 2.28. The summed E-state index contributed by atoms with van der Waals surface area (Å²) in [6.07, 6.45) is 0. The maximum atomic E-state index is 12.4. The molecule has 0 unspecified atom stereocenters. The van der Waals surface area contributed by atoms with Crippen molar-refractivity contribution in [1.29, 1.82) is 0 Å². The van der Waals surface area contributed by atoms with Crippen molar-refractivity contribution in [1.82, 2.24) is 4.31 Å². The maximum Gasteiger partial charge on any atom is 0.244 e. The van der Waals surface area contributed by atoms with Gasteiger partial charge in [0.2, 0.25) is 10.0 Å². The molecule has 9 heteroatoms. The summed E-state index contributed by atoms with van der Waals surface area (Å²) in [5, 5.41) is 0. The van der Waals surface area contributed by atoms with Gasteiger partial charge in [0.05, 0.1) is 16.4 Å². The summed E-state index contributed by atoms with van der Waals surface area (Å²) in [5.41, 5.74) is 5.51. The third-order valence-corrected chi connectivity index (χ3v) is 7.88. The van der Waals surface area contributed by atoms with Crippen molar-refractivity contribution in [3.63, 3.8) is 0 Å². The molecule has 1 fully saturated rings. The van der Waals surface area contributed by atoms with E-state index in [0.29, 0.717) is 11.4 Å². The fourth-order valence-corrected chi connectivity index (χ4v) is 6.31. The van der Waals surface area contributed by atoms with E-state index in [4.69, 9.17) is 5.73 Å². The highest BCUT2D eigenvalue weighted by molar-refractivity contribution is 7.92. The summed E-state index contributed by atoms with van der Waals surface area (Å²) in [4.78, 5) is 1.74. The average molecular weight is 324 g/mol. The number of rotatable bonds is 3. The third kappa shape index (κ3) is 3.00. The molecule has 108 valence electrons. The Labute approximate surface area is 117 Å². The minimum Gasteiger partial charge on any atom is -0.326 e. The second-order valence-electron chi connectivity index (χ2n) is 4.39. The summed E-state index contributed by atoms with van der Waals surface area (Å²) >= 11 is 1.36. The van der Waals surface area contributed by atoms with Gasteiger partial charge in [-0.3, -0.25) is 0 Å². The second-order valence-corrected chi connectivity index (χ2v) is 9.94. The van der Waals surface area contributed by atoms with E-state index in [1.807, 2.05) is 0 Å². The van der Waals surface area contributed by atoms with Gasteiger partial charge in [-0.25, -0.2) is 16.8 Å². The smallest absolute Gasteiger partial charge is 0.244 e. The van der Waals surface area contributed by atoms with E-state index >= 15 is 0 Å². The van der Waals surface area contributed by atoms with Crippen LogP contribution >= 0.6 is 11.3 Å². The molecule has 1 aromatic rings. The second kappa shape index (κ2) is 5.13. The number of sulfone groups is 1. The van der Waals surface area contributed by atoms with Crippen molar-refractivity contribution in [3.05, 3.63) is 15.8 Å². The Morgan fingerprint density at radius 1 is 1.37 bits per heavy atom. The minimum atomic E-state index is -3.61. The molecular weight excluding hydrogens is 308 g/mol. The molecule has 1 aliphatic rings. The highest BCUT2D eigenvalue weighted by Gasteiger charge is 2.32. The van der Waals surface area contributed by atoms with Gasteiger partial charge in [-0.15, -0.1) is 11.3 Å². The molecule has 0 spiro atoms. The molecule has 6 nitrogen and oxygen atoms in total.